The number of nitrogens with one attached hydrogen (secondary N) is 2. The molecule has 1 fully saturated rings. The zero-order chi connectivity index (χ0) is 31.6. The van der Waals surface area contributed by atoms with Gasteiger partial charge < -0.3 is 20.3 Å². The molecular weight excluding hydrogens is 556 g/mol. The predicted octanol–water partition coefficient (Wildman–Crippen LogP) is 5.57. The van der Waals surface area contributed by atoms with Crippen LogP contribution in [0.1, 0.15) is 87.3 Å². The number of H-pyrrole nitrogens is 1. The van der Waals surface area contributed by atoms with Crippen molar-refractivity contribution < 1.29 is 19.5 Å². The molecule has 0 saturated heterocycles. The van der Waals surface area contributed by atoms with Crippen molar-refractivity contribution >= 4 is 23.5 Å². The Morgan fingerprint density at radius 3 is 2.32 bits per heavy atom. The standard InChI is InChI=1S/C35H40N4O5/c1-22(23-8-10-24(11-9-23)32(43)36-19-16-30(41)42)39-33(44)31(38-35(39)17-14-28(15-18-35)34(2,3)4)26-7-5-6-25(20-26)27-12-13-29(40)37-21-27/h5-13,20-22,28H,14-19H2,1-4H3,(H,36,43)(H,37,40)(H,41,42)/t22-,28?,35?/m1/s1. The summed E-state index contributed by atoms with van der Waals surface area (Å²) in [6.45, 7) is 8.87. The molecule has 2 amide bonds. The molecule has 0 radical (unpaired) electrons. The zero-order valence-electron chi connectivity index (χ0n) is 25.7. The Labute approximate surface area is 257 Å². The Morgan fingerprint density at radius 2 is 1.70 bits per heavy atom. The summed E-state index contributed by atoms with van der Waals surface area (Å²) in [4.78, 5) is 59.1. The fourth-order valence-corrected chi connectivity index (χ4v) is 6.52. The molecule has 230 valence electrons. The lowest BCUT2D eigenvalue weighted by Gasteiger charge is -2.46. The third-order valence-electron chi connectivity index (χ3n) is 9.12. The molecule has 2 heterocycles. The zero-order valence-corrected chi connectivity index (χ0v) is 25.7. The van der Waals surface area contributed by atoms with Crippen LogP contribution in [-0.2, 0) is 9.59 Å². The van der Waals surface area contributed by atoms with Gasteiger partial charge in [-0.05, 0) is 84.9 Å². The maximum Gasteiger partial charge on any atom is 0.305 e. The quantitative estimate of drug-likeness (QED) is 0.313. The van der Waals surface area contributed by atoms with E-state index in [-0.39, 0.29) is 41.8 Å². The highest BCUT2D eigenvalue weighted by Crippen LogP contribution is 2.49. The minimum Gasteiger partial charge on any atom is -0.481 e. The Bertz CT molecular complexity index is 1620. The average Bonchev–Trinajstić information content (AvgIpc) is 3.27. The van der Waals surface area contributed by atoms with E-state index in [1.54, 1.807) is 24.4 Å². The molecule has 0 unspecified atom stereocenters. The average molecular weight is 597 g/mol. The van der Waals surface area contributed by atoms with E-state index >= 15 is 0 Å². The summed E-state index contributed by atoms with van der Waals surface area (Å²) >= 11 is 0. The third kappa shape index (κ3) is 6.37. The van der Waals surface area contributed by atoms with Crippen molar-refractivity contribution in [3.05, 3.63) is 93.9 Å². The first-order valence-corrected chi connectivity index (χ1v) is 15.2. The van der Waals surface area contributed by atoms with E-state index in [4.69, 9.17) is 10.1 Å². The highest BCUT2D eigenvalue weighted by Gasteiger charge is 2.52. The van der Waals surface area contributed by atoms with Crippen molar-refractivity contribution in [3.63, 3.8) is 0 Å². The molecule has 1 aliphatic carbocycles. The van der Waals surface area contributed by atoms with Gasteiger partial charge in [-0.1, -0.05) is 51.1 Å². The molecular formula is C35H40N4O5. The number of aliphatic imine (C=N–C) groups is 1. The van der Waals surface area contributed by atoms with Crippen molar-refractivity contribution in [3.8, 4) is 11.1 Å². The summed E-state index contributed by atoms with van der Waals surface area (Å²) in [5, 5.41) is 11.5. The van der Waals surface area contributed by atoms with Gasteiger partial charge in [0, 0.05) is 29.9 Å². The molecule has 5 rings (SSSR count). The molecule has 2 aromatic carbocycles. The lowest BCUT2D eigenvalue weighted by Crippen LogP contribution is -2.50. The number of hydrogen-bond acceptors (Lipinski definition) is 5. The molecule has 1 aliphatic heterocycles. The molecule has 1 saturated carbocycles. The van der Waals surface area contributed by atoms with Crippen LogP contribution in [0.15, 0.2) is 76.6 Å². The van der Waals surface area contributed by atoms with E-state index in [2.05, 4.69) is 31.1 Å². The lowest BCUT2D eigenvalue weighted by atomic mass is 9.69. The molecule has 3 N–H and O–H groups in total. The number of carbonyl (C=O) groups excluding carboxylic acids is 2. The van der Waals surface area contributed by atoms with Crippen LogP contribution in [0.25, 0.3) is 11.1 Å². The molecule has 9 heteroatoms. The van der Waals surface area contributed by atoms with Crippen molar-refractivity contribution in [1.29, 1.82) is 0 Å². The van der Waals surface area contributed by atoms with Crippen LogP contribution >= 0.6 is 0 Å². The van der Waals surface area contributed by atoms with Gasteiger partial charge in [0.25, 0.3) is 11.8 Å². The van der Waals surface area contributed by atoms with E-state index in [1.165, 1.54) is 6.07 Å². The maximum atomic E-state index is 14.3. The Morgan fingerprint density at radius 1 is 1.02 bits per heavy atom. The van der Waals surface area contributed by atoms with Gasteiger partial charge in [-0.2, -0.15) is 0 Å². The van der Waals surface area contributed by atoms with Crippen LogP contribution in [-0.4, -0.2) is 50.7 Å². The molecule has 44 heavy (non-hydrogen) atoms. The second kappa shape index (κ2) is 12.2. The number of carbonyl (C=O) groups is 3. The third-order valence-corrected chi connectivity index (χ3v) is 9.12. The number of aromatic amines is 1. The minimum absolute atomic E-state index is 0.0518. The van der Waals surface area contributed by atoms with Gasteiger partial charge in [0.15, 0.2) is 0 Å². The van der Waals surface area contributed by atoms with Crippen molar-refractivity contribution in [2.45, 2.75) is 71.5 Å². The topological polar surface area (TPSA) is 132 Å². The van der Waals surface area contributed by atoms with Gasteiger partial charge in [0.2, 0.25) is 5.56 Å². The smallest absolute Gasteiger partial charge is 0.305 e. The van der Waals surface area contributed by atoms with Gasteiger partial charge in [-0.25, -0.2) is 0 Å². The number of carboxylic acid groups (broad SMARTS) is 1. The summed E-state index contributed by atoms with van der Waals surface area (Å²) in [6, 6.07) is 17.8. The van der Waals surface area contributed by atoms with Gasteiger partial charge >= 0.3 is 5.97 Å². The number of amides is 2. The van der Waals surface area contributed by atoms with Crippen molar-refractivity contribution in [2.75, 3.05) is 6.54 Å². The van der Waals surface area contributed by atoms with Gasteiger partial charge in [0.1, 0.15) is 11.4 Å². The summed E-state index contributed by atoms with van der Waals surface area (Å²) in [7, 11) is 0. The molecule has 9 nitrogen and oxygen atoms in total. The van der Waals surface area contributed by atoms with Crippen LogP contribution < -0.4 is 10.9 Å². The number of benzene rings is 2. The monoisotopic (exact) mass is 596 g/mol. The van der Waals surface area contributed by atoms with E-state index in [9.17, 15) is 19.2 Å². The normalized spacial score (nSPS) is 20.8. The van der Waals surface area contributed by atoms with Crippen LogP contribution in [0, 0.1) is 11.3 Å². The number of rotatable bonds is 8. The van der Waals surface area contributed by atoms with Crippen LogP contribution in [0.3, 0.4) is 0 Å². The van der Waals surface area contributed by atoms with Crippen molar-refractivity contribution in [2.24, 2.45) is 16.3 Å². The number of carboxylic acids is 1. The van der Waals surface area contributed by atoms with Crippen molar-refractivity contribution in [1.82, 2.24) is 15.2 Å². The predicted molar refractivity (Wildman–Crippen MR) is 169 cm³/mol. The molecule has 1 atom stereocenters. The number of aromatic nitrogens is 1. The second-order valence-corrected chi connectivity index (χ2v) is 13.0. The molecule has 0 bridgehead atoms. The molecule has 3 aromatic rings. The maximum absolute atomic E-state index is 14.3. The Balaban J connectivity index is 1.45. The lowest BCUT2D eigenvalue weighted by molar-refractivity contribution is -0.137. The first-order valence-electron chi connectivity index (χ1n) is 15.2. The van der Waals surface area contributed by atoms with E-state index in [0.29, 0.717) is 17.2 Å². The summed E-state index contributed by atoms with van der Waals surface area (Å²) in [6.07, 6.45) is 4.97. The molecule has 1 aromatic heterocycles. The van der Waals surface area contributed by atoms with Gasteiger partial charge in [-0.15, -0.1) is 0 Å². The van der Waals surface area contributed by atoms with Crippen LogP contribution in [0.4, 0.5) is 0 Å². The van der Waals surface area contributed by atoms with Gasteiger partial charge in [0.05, 0.1) is 12.5 Å². The van der Waals surface area contributed by atoms with Crippen LogP contribution in [0.2, 0.25) is 0 Å². The first kappa shape index (κ1) is 30.9. The minimum atomic E-state index is -0.972. The van der Waals surface area contributed by atoms with E-state index in [1.807, 2.05) is 48.2 Å². The number of pyridine rings is 1. The Kier molecular flexibility index (Phi) is 8.59. The van der Waals surface area contributed by atoms with E-state index in [0.717, 1.165) is 47.9 Å². The fourth-order valence-electron chi connectivity index (χ4n) is 6.52. The largest absolute Gasteiger partial charge is 0.481 e. The summed E-state index contributed by atoms with van der Waals surface area (Å²) in [5.74, 6) is -0.907. The highest BCUT2D eigenvalue weighted by molar-refractivity contribution is 6.47. The summed E-state index contributed by atoms with van der Waals surface area (Å²) in [5.41, 5.74) is 3.52. The highest BCUT2D eigenvalue weighted by atomic mass is 16.4. The first-order chi connectivity index (χ1) is 20.9. The van der Waals surface area contributed by atoms with Gasteiger partial charge in [-0.3, -0.25) is 24.2 Å². The number of aliphatic carboxylic acids is 1. The molecule has 2 aliphatic rings. The van der Waals surface area contributed by atoms with Crippen LogP contribution in [0.5, 0.6) is 0 Å². The second-order valence-electron chi connectivity index (χ2n) is 13.0. The fraction of sp³-hybridized carbons (Fsp3) is 0.400. The Hall–Kier alpha value is -4.53. The molecule has 1 spiro atoms. The SMILES string of the molecule is C[C@H](c1ccc(C(=O)NCCC(=O)O)cc1)N1C(=O)C(c2cccc(-c3ccc(=O)[nH]c3)c2)=NC12CCC(C(C)(C)C)CC2. The number of hydrogen-bond donors (Lipinski definition) is 3. The summed E-state index contributed by atoms with van der Waals surface area (Å²) < 4.78 is 0. The van der Waals surface area contributed by atoms with E-state index < -0.39 is 11.6 Å². The number of nitrogens with zero attached hydrogens (tertiary/aromatic N) is 2.